The summed E-state index contributed by atoms with van der Waals surface area (Å²) < 4.78 is 10.1. The highest BCUT2D eigenvalue weighted by Crippen LogP contribution is 2.18. The molecule has 1 aromatic rings. The zero-order chi connectivity index (χ0) is 11.4. The van der Waals surface area contributed by atoms with Crippen LogP contribution in [0.2, 0.25) is 0 Å². The van der Waals surface area contributed by atoms with Crippen LogP contribution in [-0.2, 0) is 15.9 Å². The molecule has 0 spiro atoms. The van der Waals surface area contributed by atoms with Crippen molar-refractivity contribution in [3.63, 3.8) is 0 Å². The summed E-state index contributed by atoms with van der Waals surface area (Å²) in [5.41, 5.74) is 1.39. The quantitative estimate of drug-likeness (QED) is 0.722. The molecule has 0 bridgehead atoms. The van der Waals surface area contributed by atoms with Crippen LogP contribution in [0.3, 0.4) is 0 Å². The molecule has 0 radical (unpaired) electrons. The summed E-state index contributed by atoms with van der Waals surface area (Å²) in [7, 11) is 0. The van der Waals surface area contributed by atoms with Gasteiger partial charge in [-0.05, 0) is 25.0 Å². The molecule has 1 aliphatic rings. The average Bonchev–Trinajstić information content (AvgIpc) is 2.24. The summed E-state index contributed by atoms with van der Waals surface area (Å²) in [6, 6.07) is 3.77. The van der Waals surface area contributed by atoms with Gasteiger partial charge in [0, 0.05) is 12.1 Å². The molecule has 4 heteroatoms. The van der Waals surface area contributed by atoms with Crippen molar-refractivity contribution >= 4 is 5.97 Å². The first-order valence-electron chi connectivity index (χ1n) is 5.50. The highest BCUT2D eigenvalue weighted by molar-refractivity contribution is 5.88. The van der Waals surface area contributed by atoms with Gasteiger partial charge in [0.25, 0.3) is 0 Å². The molecule has 2 rings (SSSR count). The first-order chi connectivity index (χ1) is 7.81. The second kappa shape index (κ2) is 5.07. The van der Waals surface area contributed by atoms with E-state index in [4.69, 9.17) is 9.47 Å². The minimum absolute atomic E-state index is 0.335. The van der Waals surface area contributed by atoms with Crippen molar-refractivity contribution < 1.29 is 14.3 Å². The fourth-order valence-electron chi connectivity index (χ4n) is 1.70. The molecule has 0 saturated carbocycles. The number of pyridine rings is 1. The molecule has 0 atom stereocenters. The maximum Gasteiger partial charge on any atom is 0.357 e. The molecule has 2 heterocycles. The van der Waals surface area contributed by atoms with Crippen molar-refractivity contribution in [1.82, 2.24) is 4.98 Å². The zero-order valence-corrected chi connectivity index (χ0v) is 9.31. The van der Waals surface area contributed by atoms with Crippen LogP contribution in [0.15, 0.2) is 18.3 Å². The Bertz CT molecular complexity index is 374. The smallest absolute Gasteiger partial charge is 0.357 e. The summed E-state index contributed by atoms with van der Waals surface area (Å²) in [6.07, 6.45) is 2.45. The minimum Gasteiger partial charge on any atom is -0.461 e. The Morgan fingerprint density at radius 3 is 3.06 bits per heavy atom. The van der Waals surface area contributed by atoms with E-state index in [1.54, 1.807) is 13.1 Å². The Morgan fingerprint density at radius 1 is 1.62 bits per heavy atom. The van der Waals surface area contributed by atoms with Crippen LogP contribution < -0.4 is 0 Å². The summed E-state index contributed by atoms with van der Waals surface area (Å²) in [6.45, 7) is 3.72. The molecule has 1 aliphatic heterocycles. The van der Waals surface area contributed by atoms with Crippen LogP contribution in [-0.4, -0.2) is 30.8 Å². The van der Waals surface area contributed by atoms with Gasteiger partial charge in [0.15, 0.2) is 5.69 Å². The van der Waals surface area contributed by atoms with Gasteiger partial charge in [0.1, 0.15) is 0 Å². The SMILES string of the molecule is CCOC(=O)c1ncccc1CC1COC1. The Morgan fingerprint density at radius 2 is 2.44 bits per heavy atom. The fraction of sp³-hybridized carbons (Fsp3) is 0.500. The summed E-state index contributed by atoms with van der Waals surface area (Å²) in [5, 5.41) is 0. The number of ether oxygens (including phenoxy) is 2. The van der Waals surface area contributed by atoms with Crippen LogP contribution in [0.4, 0.5) is 0 Å². The second-order valence-electron chi connectivity index (χ2n) is 3.84. The lowest BCUT2D eigenvalue weighted by Gasteiger charge is -2.26. The molecule has 1 fully saturated rings. The van der Waals surface area contributed by atoms with Gasteiger partial charge in [-0.25, -0.2) is 9.78 Å². The minimum atomic E-state index is -0.335. The Kier molecular flexibility index (Phi) is 3.51. The van der Waals surface area contributed by atoms with Crippen molar-refractivity contribution in [2.45, 2.75) is 13.3 Å². The van der Waals surface area contributed by atoms with E-state index >= 15 is 0 Å². The molecule has 86 valence electrons. The maximum absolute atomic E-state index is 11.6. The first-order valence-corrected chi connectivity index (χ1v) is 5.50. The Labute approximate surface area is 94.6 Å². The third-order valence-corrected chi connectivity index (χ3v) is 2.58. The van der Waals surface area contributed by atoms with E-state index in [1.165, 1.54) is 0 Å². The van der Waals surface area contributed by atoms with E-state index in [0.717, 1.165) is 25.2 Å². The van der Waals surface area contributed by atoms with E-state index in [-0.39, 0.29) is 5.97 Å². The van der Waals surface area contributed by atoms with Gasteiger partial charge in [-0.15, -0.1) is 0 Å². The molecular weight excluding hydrogens is 206 g/mol. The van der Waals surface area contributed by atoms with Crippen LogP contribution in [0.5, 0.6) is 0 Å². The van der Waals surface area contributed by atoms with Gasteiger partial charge in [-0.2, -0.15) is 0 Å². The normalized spacial score (nSPS) is 15.6. The van der Waals surface area contributed by atoms with Crippen molar-refractivity contribution in [1.29, 1.82) is 0 Å². The van der Waals surface area contributed by atoms with E-state index in [1.807, 2.05) is 12.1 Å². The molecular formula is C12H15NO3. The van der Waals surface area contributed by atoms with Crippen LogP contribution in [0.25, 0.3) is 0 Å². The molecule has 1 aromatic heterocycles. The number of hydrogen-bond acceptors (Lipinski definition) is 4. The topological polar surface area (TPSA) is 48.4 Å². The highest BCUT2D eigenvalue weighted by Gasteiger charge is 2.22. The molecule has 0 unspecified atom stereocenters. The summed E-state index contributed by atoms with van der Waals surface area (Å²) in [5.74, 6) is 0.177. The lowest BCUT2D eigenvalue weighted by molar-refractivity contribution is -0.0314. The predicted octanol–water partition coefficient (Wildman–Crippen LogP) is 1.45. The molecule has 4 nitrogen and oxygen atoms in total. The van der Waals surface area contributed by atoms with E-state index in [9.17, 15) is 4.79 Å². The monoisotopic (exact) mass is 221 g/mol. The summed E-state index contributed by atoms with van der Waals surface area (Å²) >= 11 is 0. The second-order valence-corrected chi connectivity index (χ2v) is 3.84. The van der Waals surface area contributed by atoms with Gasteiger partial charge in [0.05, 0.1) is 19.8 Å². The summed E-state index contributed by atoms with van der Waals surface area (Å²) in [4.78, 5) is 15.7. The van der Waals surface area contributed by atoms with Crippen LogP contribution in [0.1, 0.15) is 23.0 Å². The van der Waals surface area contributed by atoms with Crippen molar-refractivity contribution in [3.05, 3.63) is 29.6 Å². The number of aromatic nitrogens is 1. The standard InChI is InChI=1S/C12H15NO3/c1-2-16-12(14)11-10(4-3-5-13-11)6-9-7-15-8-9/h3-5,9H,2,6-8H2,1H3. The van der Waals surface area contributed by atoms with Crippen LogP contribution in [0, 0.1) is 5.92 Å². The van der Waals surface area contributed by atoms with Crippen molar-refractivity contribution in [2.75, 3.05) is 19.8 Å². The lowest BCUT2D eigenvalue weighted by Crippen LogP contribution is -2.30. The van der Waals surface area contributed by atoms with E-state index < -0.39 is 0 Å². The molecule has 16 heavy (non-hydrogen) atoms. The van der Waals surface area contributed by atoms with Gasteiger partial charge < -0.3 is 9.47 Å². The third-order valence-electron chi connectivity index (χ3n) is 2.58. The molecule has 0 aromatic carbocycles. The number of rotatable bonds is 4. The van der Waals surface area contributed by atoms with E-state index in [0.29, 0.717) is 18.2 Å². The molecule has 0 aliphatic carbocycles. The van der Waals surface area contributed by atoms with Crippen molar-refractivity contribution in [3.8, 4) is 0 Å². The largest absolute Gasteiger partial charge is 0.461 e. The van der Waals surface area contributed by atoms with Gasteiger partial charge in [-0.1, -0.05) is 6.07 Å². The van der Waals surface area contributed by atoms with Gasteiger partial charge in [0.2, 0.25) is 0 Å². The van der Waals surface area contributed by atoms with Crippen LogP contribution >= 0.6 is 0 Å². The number of hydrogen-bond donors (Lipinski definition) is 0. The van der Waals surface area contributed by atoms with Gasteiger partial charge in [-0.3, -0.25) is 0 Å². The molecule has 0 amide bonds. The predicted molar refractivity (Wildman–Crippen MR) is 58.2 cm³/mol. The maximum atomic E-state index is 11.6. The fourth-order valence-corrected chi connectivity index (χ4v) is 1.70. The molecule has 1 saturated heterocycles. The highest BCUT2D eigenvalue weighted by atomic mass is 16.5. The third kappa shape index (κ3) is 2.39. The Balaban J connectivity index is 2.12. The average molecular weight is 221 g/mol. The first kappa shape index (κ1) is 11.1. The number of nitrogens with zero attached hydrogens (tertiary/aromatic N) is 1. The molecule has 0 N–H and O–H groups in total. The van der Waals surface area contributed by atoms with Gasteiger partial charge >= 0.3 is 5.97 Å². The Hall–Kier alpha value is -1.42. The van der Waals surface area contributed by atoms with E-state index in [2.05, 4.69) is 4.98 Å². The zero-order valence-electron chi connectivity index (χ0n) is 9.31. The number of carbonyl (C=O) groups excluding carboxylic acids is 1. The lowest BCUT2D eigenvalue weighted by atomic mass is 9.97. The van der Waals surface area contributed by atoms with Crippen molar-refractivity contribution in [2.24, 2.45) is 5.92 Å². The number of esters is 1. The number of carbonyl (C=O) groups is 1.